The molecule has 0 radical (unpaired) electrons. The molecule has 3 heteroatoms. The topological polar surface area (TPSA) is 27.0 Å². The minimum atomic E-state index is -0.325. The van der Waals surface area contributed by atoms with Gasteiger partial charge in [-0.3, -0.25) is 4.90 Å². The van der Waals surface area contributed by atoms with Crippen LogP contribution in [0, 0.1) is 17.2 Å². The zero-order valence-electron chi connectivity index (χ0n) is 8.45. The van der Waals surface area contributed by atoms with Crippen molar-refractivity contribution in [1.82, 2.24) is 4.90 Å². The van der Waals surface area contributed by atoms with Crippen LogP contribution >= 0.6 is 11.6 Å². The average molecular weight is 213 g/mol. The van der Waals surface area contributed by atoms with Crippen molar-refractivity contribution in [3.05, 3.63) is 0 Å². The van der Waals surface area contributed by atoms with Crippen molar-refractivity contribution in [2.75, 3.05) is 13.1 Å². The van der Waals surface area contributed by atoms with Gasteiger partial charge in [0, 0.05) is 12.6 Å². The van der Waals surface area contributed by atoms with E-state index in [2.05, 4.69) is 11.0 Å². The minimum Gasteiger partial charge on any atom is -0.298 e. The molecular weight excluding hydrogens is 196 g/mol. The zero-order valence-corrected chi connectivity index (χ0v) is 9.21. The summed E-state index contributed by atoms with van der Waals surface area (Å²) >= 11 is 5.89. The number of piperidine rings is 1. The Morgan fingerprint density at radius 2 is 2.14 bits per heavy atom. The van der Waals surface area contributed by atoms with Gasteiger partial charge in [0.15, 0.2) is 0 Å². The number of likely N-dealkylation sites (tertiary alicyclic amines) is 1. The Bertz CT molecular complexity index is 236. The van der Waals surface area contributed by atoms with E-state index in [-0.39, 0.29) is 5.38 Å². The number of nitriles is 1. The van der Waals surface area contributed by atoms with Crippen LogP contribution in [0.15, 0.2) is 0 Å². The molecular formula is C11H17ClN2. The molecule has 0 N–H and O–H groups in total. The van der Waals surface area contributed by atoms with E-state index in [0.717, 1.165) is 25.0 Å². The normalized spacial score (nSPS) is 34.9. The number of nitrogens with zero attached hydrogens (tertiary/aromatic N) is 2. The van der Waals surface area contributed by atoms with Crippen LogP contribution in [0.5, 0.6) is 0 Å². The lowest BCUT2D eigenvalue weighted by molar-refractivity contribution is 0.117. The van der Waals surface area contributed by atoms with E-state index in [0.29, 0.717) is 0 Å². The van der Waals surface area contributed by atoms with Crippen molar-refractivity contribution in [2.45, 2.75) is 43.5 Å². The van der Waals surface area contributed by atoms with Gasteiger partial charge in [0.1, 0.15) is 5.38 Å². The molecule has 0 bridgehead atoms. The number of hydrogen-bond donors (Lipinski definition) is 0. The van der Waals surface area contributed by atoms with Crippen molar-refractivity contribution in [1.29, 1.82) is 5.26 Å². The van der Waals surface area contributed by atoms with Gasteiger partial charge in [-0.15, -0.1) is 11.6 Å². The van der Waals surface area contributed by atoms with Gasteiger partial charge in [-0.25, -0.2) is 0 Å². The van der Waals surface area contributed by atoms with Crippen LogP contribution in [0.25, 0.3) is 0 Å². The molecule has 0 amide bonds. The van der Waals surface area contributed by atoms with E-state index in [4.69, 9.17) is 16.9 Å². The third-order valence-electron chi connectivity index (χ3n) is 3.64. The number of rotatable bonds is 2. The molecule has 0 aromatic heterocycles. The van der Waals surface area contributed by atoms with E-state index in [1.165, 1.54) is 32.1 Å². The van der Waals surface area contributed by atoms with Gasteiger partial charge in [-0.2, -0.15) is 5.26 Å². The summed E-state index contributed by atoms with van der Waals surface area (Å²) in [5.74, 6) is 0.895. The van der Waals surface area contributed by atoms with E-state index >= 15 is 0 Å². The molecule has 1 aliphatic heterocycles. The Morgan fingerprint density at radius 1 is 1.36 bits per heavy atom. The van der Waals surface area contributed by atoms with Gasteiger partial charge in [0.25, 0.3) is 0 Å². The lowest BCUT2D eigenvalue weighted by atomic mass is 9.92. The first-order valence-electron chi connectivity index (χ1n) is 5.59. The Kier molecular flexibility index (Phi) is 3.30. The predicted molar refractivity (Wildman–Crippen MR) is 57.2 cm³/mol. The highest BCUT2D eigenvalue weighted by Crippen LogP contribution is 2.36. The maximum Gasteiger partial charge on any atom is 0.133 e. The van der Waals surface area contributed by atoms with Crippen molar-refractivity contribution >= 4 is 11.6 Å². The van der Waals surface area contributed by atoms with Crippen LogP contribution in [0.3, 0.4) is 0 Å². The molecule has 1 saturated heterocycles. The molecule has 2 aliphatic rings. The van der Waals surface area contributed by atoms with Gasteiger partial charge < -0.3 is 0 Å². The summed E-state index contributed by atoms with van der Waals surface area (Å²) < 4.78 is 0. The fraction of sp³-hybridized carbons (Fsp3) is 0.909. The first kappa shape index (κ1) is 10.3. The number of halogens is 1. The number of hydrogen-bond acceptors (Lipinski definition) is 2. The molecule has 14 heavy (non-hydrogen) atoms. The molecule has 0 aromatic carbocycles. The van der Waals surface area contributed by atoms with Gasteiger partial charge in [-0.05, 0) is 38.1 Å². The van der Waals surface area contributed by atoms with Gasteiger partial charge in [0.05, 0.1) is 6.07 Å². The fourth-order valence-electron chi connectivity index (χ4n) is 3.03. The van der Waals surface area contributed by atoms with Crippen molar-refractivity contribution in [2.24, 2.45) is 5.92 Å². The highest BCUT2D eigenvalue weighted by atomic mass is 35.5. The number of fused-ring (bicyclic) bond motifs is 1. The van der Waals surface area contributed by atoms with Crippen LogP contribution in [-0.4, -0.2) is 29.4 Å². The minimum absolute atomic E-state index is 0.325. The molecule has 1 aliphatic carbocycles. The van der Waals surface area contributed by atoms with Gasteiger partial charge in [-0.1, -0.05) is 6.42 Å². The first-order chi connectivity index (χ1) is 6.81. The summed E-state index contributed by atoms with van der Waals surface area (Å²) in [5, 5.41) is 8.37. The Morgan fingerprint density at radius 3 is 2.93 bits per heavy atom. The summed E-state index contributed by atoms with van der Waals surface area (Å²) in [7, 11) is 0. The number of alkyl halides is 1. The van der Waals surface area contributed by atoms with Crippen molar-refractivity contribution in [3.63, 3.8) is 0 Å². The van der Waals surface area contributed by atoms with E-state index in [1.807, 2.05) is 0 Å². The highest BCUT2D eigenvalue weighted by molar-refractivity contribution is 6.22. The van der Waals surface area contributed by atoms with Gasteiger partial charge >= 0.3 is 0 Å². The maximum absolute atomic E-state index is 8.70. The van der Waals surface area contributed by atoms with Gasteiger partial charge in [0.2, 0.25) is 0 Å². The summed E-state index contributed by atoms with van der Waals surface area (Å²) in [6.07, 6.45) is 6.75. The summed E-state index contributed by atoms with van der Waals surface area (Å²) in [5.41, 5.74) is 0. The van der Waals surface area contributed by atoms with E-state index in [9.17, 15) is 0 Å². The second-order valence-corrected chi connectivity index (χ2v) is 5.02. The first-order valence-corrected chi connectivity index (χ1v) is 6.02. The van der Waals surface area contributed by atoms with Crippen LogP contribution in [0.1, 0.15) is 32.1 Å². The Balaban J connectivity index is 1.94. The molecule has 1 heterocycles. The molecule has 78 valence electrons. The summed E-state index contributed by atoms with van der Waals surface area (Å²) in [6, 6.07) is 2.85. The SMILES string of the molecule is N#CC(Cl)CN1CCCC2CCCC21. The molecule has 2 fully saturated rings. The zero-order chi connectivity index (χ0) is 9.97. The second-order valence-electron chi connectivity index (χ2n) is 4.49. The van der Waals surface area contributed by atoms with Crippen LogP contribution < -0.4 is 0 Å². The fourth-order valence-corrected chi connectivity index (χ4v) is 3.21. The quantitative estimate of drug-likeness (QED) is 0.658. The maximum atomic E-state index is 8.70. The third kappa shape index (κ3) is 2.04. The van der Waals surface area contributed by atoms with Crippen molar-refractivity contribution in [3.8, 4) is 6.07 Å². The monoisotopic (exact) mass is 212 g/mol. The summed E-state index contributed by atoms with van der Waals surface area (Å²) in [4.78, 5) is 2.45. The van der Waals surface area contributed by atoms with Crippen LogP contribution in [0.4, 0.5) is 0 Å². The standard InChI is InChI=1S/C11H17ClN2/c12-10(7-13)8-14-6-2-4-9-3-1-5-11(9)14/h9-11H,1-6,8H2. The largest absolute Gasteiger partial charge is 0.298 e. The smallest absolute Gasteiger partial charge is 0.133 e. The molecule has 2 nitrogen and oxygen atoms in total. The molecule has 3 atom stereocenters. The second kappa shape index (κ2) is 4.51. The molecule has 3 unspecified atom stereocenters. The van der Waals surface area contributed by atoms with Crippen LogP contribution in [-0.2, 0) is 0 Å². The molecule has 1 saturated carbocycles. The molecule has 0 spiro atoms. The molecule has 0 aromatic rings. The summed E-state index contributed by atoms with van der Waals surface area (Å²) in [6.45, 7) is 1.91. The third-order valence-corrected chi connectivity index (χ3v) is 3.88. The van der Waals surface area contributed by atoms with Crippen molar-refractivity contribution < 1.29 is 0 Å². The Labute approximate surface area is 90.8 Å². The van der Waals surface area contributed by atoms with E-state index in [1.54, 1.807) is 0 Å². The lowest BCUT2D eigenvalue weighted by Crippen LogP contribution is -2.44. The lowest BCUT2D eigenvalue weighted by Gasteiger charge is -2.37. The Hall–Kier alpha value is -0.260. The predicted octanol–water partition coefficient (Wildman–Crippen LogP) is 2.38. The van der Waals surface area contributed by atoms with Crippen LogP contribution in [0.2, 0.25) is 0 Å². The highest BCUT2D eigenvalue weighted by Gasteiger charge is 2.35. The molecule has 2 rings (SSSR count). The average Bonchev–Trinajstić information content (AvgIpc) is 2.66. The van der Waals surface area contributed by atoms with E-state index < -0.39 is 0 Å².